The SMILES string of the molecule is COCC(N)C(=O)NCCCS(C)=O. The predicted octanol–water partition coefficient (Wildman–Crippen LogP) is -1.16. The number of rotatable bonds is 7. The lowest BCUT2D eigenvalue weighted by Gasteiger charge is -2.10. The normalized spacial score (nSPS) is 14.8. The van der Waals surface area contributed by atoms with Crippen LogP contribution in [0.25, 0.3) is 0 Å². The van der Waals surface area contributed by atoms with E-state index in [-0.39, 0.29) is 12.5 Å². The fraction of sp³-hybridized carbons (Fsp3) is 0.875. The van der Waals surface area contributed by atoms with Gasteiger partial charge in [-0.05, 0) is 6.42 Å². The van der Waals surface area contributed by atoms with Gasteiger partial charge in [0.1, 0.15) is 6.04 Å². The lowest BCUT2D eigenvalue weighted by molar-refractivity contribution is -0.123. The Balaban J connectivity index is 3.48. The summed E-state index contributed by atoms with van der Waals surface area (Å²) >= 11 is 0. The molecule has 0 aliphatic carbocycles. The van der Waals surface area contributed by atoms with Crippen molar-refractivity contribution in [1.82, 2.24) is 5.32 Å². The first-order valence-electron chi connectivity index (χ1n) is 4.40. The summed E-state index contributed by atoms with van der Waals surface area (Å²) < 4.78 is 15.4. The number of ether oxygens (including phenoxy) is 1. The van der Waals surface area contributed by atoms with Crippen LogP contribution in [0.1, 0.15) is 6.42 Å². The van der Waals surface area contributed by atoms with Gasteiger partial charge < -0.3 is 15.8 Å². The largest absolute Gasteiger partial charge is 0.383 e. The zero-order valence-corrected chi connectivity index (χ0v) is 9.43. The van der Waals surface area contributed by atoms with E-state index in [1.165, 1.54) is 7.11 Å². The smallest absolute Gasteiger partial charge is 0.239 e. The van der Waals surface area contributed by atoms with E-state index in [4.69, 9.17) is 10.5 Å². The van der Waals surface area contributed by atoms with Crippen LogP contribution in [0.2, 0.25) is 0 Å². The third-order valence-corrected chi connectivity index (χ3v) is 2.45. The molecule has 0 bridgehead atoms. The highest BCUT2D eigenvalue weighted by Crippen LogP contribution is 1.84. The van der Waals surface area contributed by atoms with Gasteiger partial charge in [-0.15, -0.1) is 0 Å². The molecule has 0 aromatic rings. The number of nitrogens with two attached hydrogens (primary N) is 1. The van der Waals surface area contributed by atoms with Crippen molar-refractivity contribution < 1.29 is 13.7 Å². The fourth-order valence-corrected chi connectivity index (χ4v) is 1.42. The molecule has 0 aromatic carbocycles. The van der Waals surface area contributed by atoms with Crippen LogP contribution in [-0.2, 0) is 20.3 Å². The Bertz CT molecular complexity index is 199. The molecule has 0 rings (SSSR count). The summed E-state index contributed by atoms with van der Waals surface area (Å²) in [5.41, 5.74) is 5.47. The maximum absolute atomic E-state index is 11.2. The van der Waals surface area contributed by atoms with Crippen LogP contribution in [0, 0.1) is 0 Å². The topological polar surface area (TPSA) is 81.4 Å². The average Bonchev–Trinajstić information content (AvgIpc) is 2.12. The third kappa shape index (κ3) is 6.99. The van der Waals surface area contributed by atoms with Gasteiger partial charge in [-0.25, -0.2) is 0 Å². The lowest BCUT2D eigenvalue weighted by atomic mass is 10.3. The Kier molecular flexibility index (Phi) is 7.64. The highest BCUT2D eigenvalue weighted by atomic mass is 32.2. The van der Waals surface area contributed by atoms with E-state index in [9.17, 15) is 9.00 Å². The monoisotopic (exact) mass is 222 g/mol. The molecule has 0 aliphatic heterocycles. The summed E-state index contributed by atoms with van der Waals surface area (Å²) in [6.45, 7) is 0.724. The van der Waals surface area contributed by atoms with E-state index in [1.807, 2.05) is 0 Å². The number of methoxy groups -OCH3 is 1. The van der Waals surface area contributed by atoms with Crippen LogP contribution < -0.4 is 11.1 Å². The van der Waals surface area contributed by atoms with Gasteiger partial charge in [0.25, 0.3) is 0 Å². The Morgan fingerprint density at radius 2 is 2.29 bits per heavy atom. The highest BCUT2D eigenvalue weighted by Gasteiger charge is 2.11. The summed E-state index contributed by atoms with van der Waals surface area (Å²) in [4.78, 5) is 11.2. The first kappa shape index (κ1) is 13.5. The standard InChI is InChI=1S/C8H18N2O3S/c1-13-6-7(9)8(11)10-4-3-5-14(2)12/h7H,3-6,9H2,1-2H3,(H,10,11). The van der Waals surface area contributed by atoms with Crippen LogP contribution in [0.4, 0.5) is 0 Å². The van der Waals surface area contributed by atoms with Crippen molar-refractivity contribution in [2.75, 3.05) is 32.3 Å². The quantitative estimate of drug-likeness (QED) is 0.533. The molecule has 2 atom stereocenters. The van der Waals surface area contributed by atoms with E-state index < -0.39 is 16.8 Å². The van der Waals surface area contributed by atoms with Crippen molar-refractivity contribution in [2.45, 2.75) is 12.5 Å². The number of hydrogen-bond donors (Lipinski definition) is 2. The summed E-state index contributed by atoms with van der Waals surface area (Å²) in [5.74, 6) is 0.369. The van der Waals surface area contributed by atoms with Gasteiger partial charge >= 0.3 is 0 Å². The maximum Gasteiger partial charge on any atom is 0.239 e. The Morgan fingerprint density at radius 3 is 2.79 bits per heavy atom. The number of nitrogens with one attached hydrogen (secondary N) is 1. The molecule has 0 spiro atoms. The maximum atomic E-state index is 11.2. The van der Waals surface area contributed by atoms with Gasteiger partial charge in [-0.1, -0.05) is 0 Å². The van der Waals surface area contributed by atoms with Gasteiger partial charge in [0.05, 0.1) is 6.61 Å². The molecule has 0 aromatic heterocycles. The molecule has 0 heterocycles. The minimum Gasteiger partial charge on any atom is -0.383 e. The molecule has 5 nitrogen and oxygen atoms in total. The van der Waals surface area contributed by atoms with Crippen LogP contribution in [-0.4, -0.2) is 48.4 Å². The van der Waals surface area contributed by atoms with Gasteiger partial charge in [0, 0.05) is 36.5 Å². The molecule has 0 saturated carbocycles. The van der Waals surface area contributed by atoms with Gasteiger partial charge in [-0.2, -0.15) is 0 Å². The molecule has 0 saturated heterocycles. The van der Waals surface area contributed by atoms with Crippen LogP contribution >= 0.6 is 0 Å². The number of carbonyl (C=O) groups excluding carboxylic acids is 1. The molecular formula is C8H18N2O3S. The van der Waals surface area contributed by atoms with Crippen molar-refractivity contribution in [3.63, 3.8) is 0 Å². The molecule has 2 unspecified atom stereocenters. The molecule has 14 heavy (non-hydrogen) atoms. The predicted molar refractivity (Wildman–Crippen MR) is 56.4 cm³/mol. The molecule has 1 amide bonds. The first-order chi connectivity index (χ1) is 6.57. The van der Waals surface area contributed by atoms with E-state index in [1.54, 1.807) is 6.26 Å². The average molecular weight is 222 g/mol. The lowest BCUT2D eigenvalue weighted by Crippen LogP contribution is -2.43. The van der Waals surface area contributed by atoms with Crippen molar-refractivity contribution in [3.05, 3.63) is 0 Å². The summed E-state index contributed by atoms with van der Waals surface area (Å²) in [7, 11) is 0.692. The Labute approximate surface area is 86.8 Å². The van der Waals surface area contributed by atoms with Crippen LogP contribution in [0.5, 0.6) is 0 Å². The van der Waals surface area contributed by atoms with Gasteiger partial charge in [-0.3, -0.25) is 9.00 Å². The second-order valence-electron chi connectivity index (χ2n) is 2.98. The third-order valence-electron chi connectivity index (χ3n) is 1.59. The van der Waals surface area contributed by atoms with Gasteiger partial charge in [0.2, 0.25) is 5.91 Å². The summed E-state index contributed by atoms with van der Waals surface area (Å²) in [6.07, 6.45) is 2.34. The minimum atomic E-state index is -0.802. The molecule has 0 aliphatic rings. The number of hydrogen-bond acceptors (Lipinski definition) is 4. The van der Waals surface area contributed by atoms with E-state index in [0.29, 0.717) is 18.7 Å². The zero-order chi connectivity index (χ0) is 11.0. The second-order valence-corrected chi connectivity index (χ2v) is 4.54. The van der Waals surface area contributed by atoms with Crippen molar-refractivity contribution in [3.8, 4) is 0 Å². The molecular weight excluding hydrogens is 204 g/mol. The second kappa shape index (κ2) is 7.90. The molecule has 3 N–H and O–H groups in total. The number of carbonyl (C=O) groups is 1. The van der Waals surface area contributed by atoms with Crippen LogP contribution in [0.3, 0.4) is 0 Å². The van der Waals surface area contributed by atoms with Crippen molar-refractivity contribution in [2.24, 2.45) is 5.73 Å². The van der Waals surface area contributed by atoms with Gasteiger partial charge in [0.15, 0.2) is 0 Å². The number of amides is 1. The zero-order valence-electron chi connectivity index (χ0n) is 8.62. The van der Waals surface area contributed by atoms with Crippen molar-refractivity contribution >= 4 is 16.7 Å². The fourth-order valence-electron chi connectivity index (χ4n) is 0.873. The van der Waals surface area contributed by atoms with E-state index >= 15 is 0 Å². The molecule has 6 heteroatoms. The van der Waals surface area contributed by atoms with E-state index in [2.05, 4.69) is 5.32 Å². The summed E-state index contributed by atoms with van der Waals surface area (Å²) in [6, 6.07) is -0.618. The Hall–Kier alpha value is -0.460. The molecule has 0 radical (unpaired) electrons. The van der Waals surface area contributed by atoms with E-state index in [0.717, 1.165) is 0 Å². The molecule has 84 valence electrons. The van der Waals surface area contributed by atoms with Crippen molar-refractivity contribution in [1.29, 1.82) is 0 Å². The minimum absolute atomic E-state index is 0.214. The highest BCUT2D eigenvalue weighted by molar-refractivity contribution is 7.84. The Morgan fingerprint density at radius 1 is 1.64 bits per heavy atom. The van der Waals surface area contributed by atoms with Crippen LogP contribution in [0.15, 0.2) is 0 Å². The molecule has 0 fully saturated rings. The summed E-state index contributed by atoms with van der Waals surface area (Å²) in [5, 5.41) is 2.64. The first-order valence-corrected chi connectivity index (χ1v) is 6.13.